The molecule has 1 aromatic carbocycles. The van der Waals surface area contributed by atoms with Crippen molar-refractivity contribution in [3.05, 3.63) is 44.8 Å². The lowest BCUT2D eigenvalue weighted by Gasteiger charge is -2.06. The van der Waals surface area contributed by atoms with Crippen LogP contribution in [0.25, 0.3) is 10.2 Å². The number of thiophene rings is 1. The predicted octanol–water partition coefficient (Wildman–Crippen LogP) is 3.97. The van der Waals surface area contributed by atoms with Gasteiger partial charge in [0.15, 0.2) is 10.9 Å². The van der Waals surface area contributed by atoms with Gasteiger partial charge in [0.2, 0.25) is 0 Å². The molecule has 0 saturated carbocycles. The Bertz CT molecular complexity index is 943. The van der Waals surface area contributed by atoms with Crippen LogP contribution in [0, 0.1) is 24.0 Å². The fraction of sp³-hybridized carbons (Fsp3) is 0.250. The maximum absolute atomic E-state index is 11.0. The van der Waals surface area contributed by atoms with E-state index in [0.29, 0.717) is 23.3 Å². The smallest absolute Gasteiger partial charge is 0.310 e. The summed E-state index contributed by atoms with van der Waals surface area (Å²) < 4.78 is 5.51. The van der Waals surface area contributed by atoms with Gasteiger partial charge in [-0.1, -0.05) is 23.9 Å². The molecular weight excluding hydrogens is 360 g/mol. The summed E-state index contributed by atoms with van der Waals surface area (Å²) in [5, 5.41) is 12.5. The molecule has 2 heterocycles. The van der Waals surface area contributed by atoms with Crippen LogP contribution in [0.15, 0.2) is 29.4 Å². The van der Waals surface area contributed by atoms with Crippen LogP contribution in [0.1, 0.15) is 10.4 Å². The summed E-state index contributed by atoms with van der Waals surface area (Å²) in [5.74, 6) is 1.29. The van der Waals surface area contributed by atoms with E-state index >= 15 is 0 Å². The van der Waals surface area contributed by atoms with Gasteiger partial charge in [0.25, 0.3) is 0 Å². The topological polar surface area (TPSA) is 104 Å². The second kappa shape index (κ2) is 7.24. The molecule has 0 atom stereocenters. The third-order valence-electron chi connectivity index (χ3n) is 3.67. The average molecular weight is 376 g/mol. The summed E-state index contributed by atoms with van der Waals surface area (Å²) >= 11 is 3.01. The molecule has 0 radical (unpaired) electrons. The van der Waals surface area contributed by atoms with Crippen molar-refractivity contribution in [2.45, 2.75) is 19.0 Å². The third-order valence-corrected chi connectivity index (χ3v) is 5.58. The van der Waals surface area contributed by atoms with Crippen molar-refractivity contribution >= 4 is 44.8 Å². The van der Waals surface area contributed by atoms with E-state index in [1.54, 1.807) is 29.5 Å². The Hall–Kier alpha value is -2.39. The number of aromatic nitrogens is 2. The Morgan fingerprint density at radius 2 is 2.08 bits per heavy atom. The fourth-order valence-corrected chi connectivity index (χ4v) is 4.10. The molecule has 7 nitrogen and oxygen atoms in total. The number of fused-ring (bicyclic) bond motifs is 1. The van der Waals surface area contributed by atoms with Crippen LogP contribution in [0.3, 0.4) is 0 Å². The van der Waals surface area contributed by atoms with Crippen molar-refractivity contribution in [3.63, 3.8) is 0 Å². The first-order valence-electron chi connectivity index (χ1n) is 7.49. The maximum Gasteiger partial charge on any atom is 0.310 e. The number of nitrogens with zero attached hydrogens (tertiary/aromatic N) is 3. The summed E-state index contributed by atoms with van der Waals surface area (Å²) in [6.45, 7) is 4.36. The molecule has 0 bridgehead atoms. The van der Waals surface area contributed by atoms with Gasteiger partial charge in [-0.25, -0.2) is 9.97 Å². The predicted molar refractivity (Wildman–Crippen MR) is 101 cm³/mol. The van der Waals surface area contributed by atoms with Gasteiger partial charge in [-0.3, -0.25) is 10.1 Å². The minimum atomic E-state index is -0.457. The van der Waals surface area contributed by atoms with E-state index in [9.17, 15) is 10.1 Å². The van der Waals surface area contributed by atoms with Crippen LogP contribution in [-0.2, 0) is 0 Å². The molecule has 130 valence electrons. The number of ether oxygens (including phenoxy) is 1. The molecular formula is C16H16N4O3S2. The maximum atomic E-state index is 11.0. The first-order chi connectivity index (χ1) is 12.0. The number of aryl methyl sites for hydroxylation is 2. The van der Waals surface area contributed by atoms with Crippen molar-refractivity contribution in [1.29, 1.82) is 0 Å². The van der Waals surface area contributed by atoms with E-state index in [2.05, 4.69) is 9.97 Å². The number of rotatable bonds is 6. The highest BCUT2D eigenvalue weighted by Crippen LogP contribution is 2.33. The van der Waals surface area contributed by atoms with Crippen LogP contribution in [0.5, 0.6) is 5.75 Å². The molecule has 0 amide bonds. The van der Waals surface area contributed by atoms with Crippen molar-refractivity contribution < 1.29 is 9.66 Å². The van der Waals surface area contributed by atoms with Crippen molar-refractivity contribution in [2.24, 2.45) is 0 Å². The highest BCUT2D eigenvalue weighted by molar-refractivity contribution is 7.99. The molecule has 0 saturated heterocycles. The summed E-state index contributed by atoms with van der Waals surface area (Å²) in [5.41, 5.74) is 7.13. The summed E-state index contributed by atoms with van der Waals surface area (Å²) in [6.07, 6.45) is 0. The van der Waals surface area contributed by atoms with Gasteiger partial charge in [0.1, 0.15) is 10.6 Å². The van der Waals surface area contributed by atoms with Gasteiger partial charge >= 0.3 is 5.69 Å². The van der Waals surface area contributed by atoms with Crippen LogP contribution in [-0.4, -0.2) is 27.3 Å². The molecule has 25 heavy (non-hydrogen) atoms. The number of nitro groups is 1. The highest BCUT2D eigenvalue weighted by Gasteiger charge is 2.15. The van der Waals surface area contributed by atoms with E-state index in [-0.39, 0.29) is 11.4 Å². The van der Waals surface area contributed by atoms with Gasteiger partial charge in [-0.2, -0.15) is 0 Å². The van der Waals surface area contributed by atoms with Gasteiger partial charge in [0.05, 0.1) is 16.9 Å². The van der Waals surface area contributed by atoms with Crippen LogP contribution >= 0.6 is 23.1 Å². The van der Waals surface area contributed by atoms with Crippen molar-refractivity contribution in [1.82, 2.24) is 9.97 Å². The number of benzene rings is 1. The molecule has 0 fully saturated rings. The first kappa shape index (κ1) is 17.4. The zero-order valence-corrected chi connectivity index (χ0v) is 15.3. The van der Waals surface area contributed by atoms with E-state index < -0.39 is 4.92 Å². The molecule has 0 spiro atoms. The lowest BCUT2D eigenvalue weighted by molar-refractivity contribution is -0.385. The van der Waals surface area contributed by atoms with Crippen molar-refractivity contribution in [2.75, 3.05) is 18.1 Å². The SMILES string of the molecule is Cc1sc2nc(SCCOc3ccccc3[N+](=O)[O-])nc(N)c2c1C. The molecule has 2 N–H and O–H groups in total. The minimum absolute atomic E-state index is 0.0426. The first-order valence-corrected chi connectivity index (χ1v) is 9.30. The number of nitrogens with two attached hydrogens (primary N) is 1. The zero-order valence-electron chi connectivity index (χ0n) is 13.7. The van der Waals surface area contributed by atoms with Crippen LogP contribution in [0.2, 0.25) is 0 Å². The Kier molecular flexibility index (Phi) is 5.05. The molecule has 3 aromatic rings. The monoisotopic (exact) mass is 376 g/mol. The number of hydrogen-bond donors (Lipinski definition) is 1. The Morgan fingerprint density at radius 1 is 1.32 bits per heavy atom. The van der Waals surface area contributed by atoms with Crippen LogP contribution < -0.4 is 10.5 Å². The van der Waals surface area contributed by atoms with Gasteiger partial charge < -0.3 is 10.5 Å². The molecule has 9 heteroatoms. The van der Waals surface area contributed by atoms with Gasteiger partial charge in [0, 0.05) is 16.7 Å². The minimum Gasteiger partial charge on any atom is -0.486 e. The Labute approximate surface area is 152 Å². The quantitative estimate of drug-likeness (QED) is 0.228. The third kappa shape index (κ3) is 3.67. The lowest BCUT2D eigenvalue weighted by atomic mass is 10.2. The fourth-order valence-electron chi connectivity index (χ4n) is 2.34. The number of hydrogen-bond acceptors (Lipinski definition) is 8. The summed E-state index contributed by atoms with van der Waals surface area (Å²) in [6, 6.07) is 6.31. The average Bonchev–Trinajstić information content (AvgIpc) is 2.86. The Morgan fingerprint density at radius 3 is 2.84 bits per heavy atom. The van der Waals surface area contributed by atoms with E-state index in [4.69, 9.17) is 10.5 Å². The molecule has 0 unspecified atom stereocenters. The number of anilines is 1. The molecule has 0 aliphatic carbocycles. The number of nitro benzene ring substituents is 1. The van der Waals surface area contributed by atoms with E-state index in [0.717, 1.165) is 15.8 Å². The van der Waals surface area contributed by atoms with Crippen LogP contribution in [0.4, 0.5) is 11.5 Å². The second-order valence-electron chi connectivity index (χ2n) is 5.28. The normalized spacial score (nSPS) is 11.0. The number of para-hydroxylation sites is 2. The molecule has 3 rings (SSSR count). The summed E-state index contributed by atoms with van der Waals surface area (Å²) in [4.78, 5) is 21.4. The van der Waals surface area contributed by atoms with Crippen molar-refractivity contribution in [3.8, 4) is 5.75 Å². The Balaban J connectivity index is 1.65. The largest absolute Gasteiger partial charge is 0.486 e. The molecule has 2 aromatic heterocycles. The number of thioether (sulfide) groups is 1. The molecule has 0 aliphatic heterocycles. The second-order valence-corrected chi connectivity index (χ2v) is 7.54. The highest BCUT2D eigenvalue weighted by atomic mass is 32.2. The summed E-state index contributed by atoms with van der Waals surface area (Å²) in [7, 11) is 0. The zero-order chi connectivity index (χ0) is 18.0. The van der Waals surface area contributed by atoms with Gasteiger partial charge in [-0.15, -0.1) is 11.3 Å². The lowest BCUT2D eigenvalue weighted by Crippen LogP contribution is -2.03. The van der Waals surface area contributed by atoms with E-state index in [1.807, 2.05) is 13.8 Å². The van der Waals surface area contributed by atoms with Gasteiger partial charge in [-0.05, 0) is 25.5 Å². The molecule has 0 aliphatic rings. The number of nitrogen functional groups attached to an aromatic ring is 1. The standard InChI is InChI=1S/C16H16N4O3S2/c1-9-10(2)25-15-13(9)14(17)18-16(19-15)24-8-7-23-12-6-4-3-5-11(12)20(21)22/h3-6H,7-8H2,1-2H3,(H2,17,18,19). The van der Waals surface area contributed by atoms with E-state index in [1.165, 1.54) is 22.7 Å².